The van der Waals surface area contributed by atoms with Crippen molar-refractivity contribution in [1.82, 2.24) is 0 Å². The number of hydrogen-bond acceptors (Lipinski definition) is 5. The first-order valence-corrected chi connectivity index (χ1v) is 8.89. The van der Waals surface area contributed by atoms with E-state index < -0.39 is 35.3 Å². The van der Waals surface area contributed by atoms with Gasteiger partial charge in [0.1, 0.15) is 17.7 Å². The molecule has 26 heavy (non-hydrogen) atoms. The van der Waals surface area contributed by atoms with E-state index in [0.29, 0.717) is 11.1 Å². The summed E-state index contributed by atoms with van der Waals surface area (Å²) in [4.78, 5) is 24.2. The molecule has 0 aliphatic carbocycles. The lowest BCUT2D eigenvalue weighted by Gasteiger charge is -2.19. The highest BCUT2D eigenvalue weighted by atomic mass is 79.9. The third kappa shape index (κ3) is 4.28. The number of ether oxygens (including phenoxy) is 3. The molecular weight excluding hydrogens is 407 g/mol. The van der Waals surface area contributed by atoms with E-state index in [2.05, 4.69) is 15.9 Å². The molecule has 136 valence electrons. The molecule has 2 aromatic rings. The third-order valence-corrected chi connectivity index (χ3v) is 4.60. The first-order chi connectivity index (χ1) is 12.6. The molecule has 7 heteroatoms. The lowest BCUT2D eigenvalue weighted by molar-refractivity contribution is -0.0342. The van der Waals surface area contributed by atoms with Crippen molar-refractivity contribution in [2.75, 3.05) is 6.61 Å². The Morgan fingerprint density at radius 1 is 0.962 bits per heavy atom. The molecule has 4 atom stereocenters. The standard InChI is InChI=1S/C19H16BrFO5/c20-17-15(21)16(26-19(23)13-9-5-2-6-10-13)14(25-17)11-24-18(22)12-7-3-1-4-8-12/h1-10,14-17H,11H2/t14-,15+,16-,17-/m1/s1. The highest BCUT2D eigenvalue weighted by Gasteiger charge is 2.47. The monoisotopic (exact) mass is 422 g/mol. The Labute approximate surface area is 158 Å². The summed E-state index contributed by atoms with van der Waals surface area (Å²) in [6.45, 7) is -0.233. The first kappa shape index (κ1) is 18.5. The fourth-order valence-electron chi connectivity index (χ4n) is 2.53. The van der Waals surface area contributed by atoms with E-state index in [4.69, 9.17) is 14.2 Å². The summed E-state index contributed by atoms with van der Waals surface area (Å²) in [5.74, 6) is -1.22. The van der Waals surface area contributed by atoms with Crippen molar-refractivity contribution in [3.05, 3.63) is 71.8 Å². The van der Waals surface area contributed by atoms with Crippen molar-refractivity contribution in [3.8, 4) is 0 Å². The lowest BCUT2D eigenvalue weighted by atomic mass is 10.1. The van der Waals surface area contributed by atoms with Gasteiger partial charge in [-0.25, -0.2) is 14.0 Å². The van der Waals surface area contributed by atoms with Crippen LogP contribution >= 0.6 is 15.9 Å². The van der Waals surface area contributed by atoms with Crippen LogP contribution < -0.4 is 0 Å². The summed E-state index contributed by atoms with van der Waals surface area (Å²) in [7, 11) is 0. The van der Waals surface area contributed by atoms with Gasteiger partial charge >= 0.3 is 11.9 Å². The molecule has 2 aromatic carbocycles. The molecule has 1 fully saturated rings. The Morgan fingerprint density at radius 2 is 1.50 bits per heavy atom. The van der Waals surface area contributed by atoms with Gasteiger partial charge in [0.15, 0.2) is 12.3 Å². The quantitative estimate of drug-likeness (QED) is 0.544. The van der Waals surface area contributed by atoms with E-state index in [1.165, 1.54) is 0 Å². The zero-order valence-electron chi connectivity index (χ0n) is 13.6. The van der Waals surface area contributed by atoms with Gasteiger partial charge in [-0.2, -0.15) is 0 Å². The molecule has 0 spiro atoms. The molecule has 1 saturated heterocycles. The predicted molar refractivity (Wildman–Crippen MR) is 94.9 cm³/mol. The van der Waals surface area contributed by atoms with Crippen molar-refractivity contribution in [2.24, 2.45) is 0 Å². The van der Waals surface area contributed by atoms with Gasteiger partial charge < -0.3 is 14.2 Å². The fourth-order valence-corrected chi connectivity index (χ4v) is 3.11. The molecule has 0 amide bonds. The van der Waals surface area contributed by atoms with Crippen LogP contribution in [-0.4, -0.2) is 41.9 Å². The van der Waals surface area contributed by atoms with Gasteiger partial charge in [0.2, 0.25) is 0 Å². The number of carbonyl (C=O) groups excluding carboxylic acids is 2. The maximum absolute atomic E-state index is 14.4. The summed E-state index contributed by atoms with van der Waals surface area (Å²) < 4.78 is 30.2. The van der Waals surface area contributed by atoms with Crippen LogP contribution in [0, 0.1) is 0 Å². The maximum atomic E-state index is 14.4. The van der Waals surface area contributed by atoms with Crippen LogP contribution in [0.1, 0.15) is 20.7 Å². The minimum Gasteiger partial charge on any atom is -0.459 e. The maximum Gasteiger partial charge on any atom is 0.338 e. The number of halogens is 2. The minimum atomic E-state index is -1.58. The van der Waals surface area contributed by atoms with Crippen molar-refractivity contribution in [2.45, 2.75) is 23.4 Å². The number of esters is 2. The van der Waals surface area contributed by atoms with E-state index in [0.717, 1.165) is 0 Å². The van der Waals surface area contributed by atoms with Gasteiger partial charge in [-0.1, -0.05) is 52.3 Å². The summed E-state index contributed by atoms with van der Waals surface area (Å²) in [5.41, 5.74) is 0.674. The van der Waals surface area contributed by atoms with Crippen molar-refractivity contribution in [1.29, 1.82) is 0 Å². The average molecular weight is 423 g/mol. The Bertz CT molecular complexity index is 755. The number of hydrogen-bond donors (Lipinski definition) is 0. The Balaban J connectivity index is 1.63. The Morgan fingerprint density at radius 3 is 2.08 bits per heavy atom. The van der Waals surface area contributed by atoms with Crippen LogP contribution in [0.4, 0.5) is 4.39 Å². The van der Waals surface area contributed by atoms with Gasteiger partial charge in [-0.3, -0.25) is 0 Å². The molecule has 1 aliphatic rings. The van der Waals surface area contributed by atoms with Crippen LogP contribution in [0.2, 0.25) is 0 Å². The number of carbonyl (C=O) groups is 2. The number of rotatable bonds is 5. The van der Waals surface area contributed by atoms with Crippen molar-refractivity contribution >= 4 is 27.9 Å². The van der Waals surface area contributed by atoms with Crippen LogP contribution in [0.25, 0.3) is 0 Å². The smallest absolute Gasteiger partial charge is 0.338 e. The van der Waals surface area contributed by atoms with Crippen LogP contribution in [0.5, 0.6) is 0 Å². The highest BCUT2D eigenvalue weighted by molar-refractivity contribution is 9.09. The molecule has 0 N–H and O–H groups in total. The zero-order chi connectivity index (χ0) is 18.5. The van der Waals surface area contributed by atoms with E-state index in [1.54, 1.807) is 60.7 Å². The third-order valence-electron chi connectivity index (χ3n) is 3.88. The molecule has 1 aliphatic heterocycles. The van der Waals surface area contributed by atoms with E-state index in [9.17, 15) is 14.0 Å². The van der Waals surface area contributed by atoms with Crippen molar-refractivity contribution in [3.63, 3.8) is 0 Å². The predicted octanol–water partition coefficient (Wildman–Crippen LogP) is 3.53. The first-order valence-electron chi connectivity index (χ1n) is 7.98. The molecule has 0 saturated carbocycles. The van der Waals surface area contributed by atoms with Gasteiger partial charge in [-0.05, 0) is 24.3 Å². The van der Waals surface area contributed by atoms with E-state index in [-0.39, 0.29) is 6.61 Å². The summed E-state index contributed by atoms with van der Waals surface area (Å²) in [5, 5.41) is -0.948. The summed E-state index contributed by atoms with van der Waals surface area (Å²) >= 11 is 3.05. The van der Waals surface area contributed by atoms with Gasteiger partial charge in [-0.15, -0.1) is 0 Å². The number of benzene rings is 2. The largest absolute Gasteiger partial charge is 0.459 e. The van der Waals surface area contributed by atoms with Gasteiger partial charge in [0, 0.05) is 0 Å². The molecule has 1 heterocycles. The highest BCUT2D eigenvalue weighted by Crippen LogP contribution is 2.31. The SMILES string of the molecule is O=C(OC[C@H]1O[C@@H](Br)[C@@H](F)[C@@H]1OC(=O)c1ccccc1)c1ccccc1. The van der Waals surface area contributed by atoms with E-state index >= 15 is 0 Å². The molecule has 0 radical (unpaired) electrons. The van der Waals surface area contributed by atoms with Gasteiger partial charge in [0.25, 0.3) is 0 Å². The average Bonchev–Trinajstić information content (AvgIpc) is 2.95. The van der Waals surface area contributed by atoms with Gasteiger partial charge in [0.05, 0.1) is 11.1 Å². The van der Waals surface area contributed by atoms with E-state index in [1.807, 2.05) is 0 Å². The molecular formula is C19H16BrFO5. The zero-order valence-corrected chi connectivity index (χ0v) is 15.2. The van der Waals surface area contributed by atoms with Crippen LogP contribution in [0.15, 0.2) is 60.7 Å². The Hall–Kier alpha value is -2.25. The molecule has 0 aromatic heterocycles. The van der Waals surface area contributed by atoms with Crippen molar-refractivity contribution < 1.29 is 28.2 Å². The Kier molecular flexibility index (Phi) is 6.00. The second-order valence-electron chi connectivity index (χ2n) is 5.67. The second kappa shape index (κ2) is 8.42. The van der Waals surface area contributed by atoms with Crippen LogP contribution in [-0.2, 0) is 14.2 Å². The topological polar surface area (TPSA) is 61.8 Å². The molecule has 5 nitrogen and oxygen atoms in total. The number of alkyl halides is 2. The second-order valence-corrected chi connectivity index (χ2v) is 6.57. The minimum absolute atomic E-state index is 0.233. The lowest BCUT2D eigenvalue weighted by Crippen LogP contribution is -2.37. The summed E-state index contributed by atoms with van der Waals surface area (Å²) in [6.07, 6.45) is -3.67. The van der Waals surface area contributed by atoms with Crippen LogP contribution in [0.3, 0.4) is 0 Å². The fraction of sp³-hybridized carbons (Fsp3) is 0.263. The summed E-state index contributed by atoms with van der Waals surface area (Å²) in [6, 6.07) is 16.7. The molecule has 0 unspecified atom stereocenters. The molecule has 0 bridgehead atoms. The molecule has 3 rings (SSSR count). The normalized spacial score (nSPS) is 24.8.